The number of carbonyl (C=O) groups excluding carboxylic acids is 2. The van der Waals surface area contributed by atoms with Crippen molar-refractivity contribution >= 4 is 17.5 Å². The molecule has 2 aromatic rings. The summed E-state index contributed by atoms with van der Waals surface area (Å²) in [7, 11) is 0. The summed E-state index contributed by atoms with van der Waals surface area (Å²) < 4.78 is 0. The molecule has 2 amide bonds. The quantitative estimate of drug-likeness (QED) is 0.907. The van der Waals surface area contributed by atoms with Crippen LogP contribution >= 0.6 is 0 Å². The van der Waals surface area contributed by atoms with Crippen LogP contribution in [0.4, 0.5) is 5.69 Å². The predicted molar refractivity (Wildman–Crippen MR) is 93.5 cm³/mol. The van der Waals surface area contributed by atoms with E-state index in [-0.39, 0.29) is 11.8 Å². The van der Waals surface area contributed by atoms with E-state index in [2.05, 4.69) is 15.5 Å². The van der Waals surface area contributed by atoms with Gasteiger partial charge < -0.3 is 10.6 Å². The molecular formula is C19H21N3O2. The summed E-state index contributed by atoms with van der Waals surface area (Å²) >= 11 is 0. The van der Waals surface area contributed by atoms with Crippen molar-refractivity contribution in [1.82, 2.24) is 10.2 Å². The van der Waals surface area contributed by atoms with Gasteiger partial charge in [-0.3, -0.25) is 14.5 Å². The second-order valence-electron chi connectivity index (χ2n) is 5.80. The van der Waals surface area contributed by atoms with E-state index < -0.39 is 6.04 Å². The molecule has 1 heterocycles. The number of nitrogens with zero attached hydrogens (tertiary/aromatic N) is 1. The summed E-state index contributed by atoms with van der Waals surface area (Å²) in [6.07, 6.45) is 0.405. The molecule has 1 aliphatic heterocycles. The molecular weight excluding hydrogens is 302 g/mol. The number of amides is 2. The molecule has 1 fully saturated rings. The monoisotopic (exact) mass is 323 g/mol. The Kier molecular flexibility index (Phi) is 5.23. The molecule has 1 saturated heterocycles. The van der Waals surface area contributed by atoms with Crippen molar-refractivity contribution < 1.29 is 9.59 Å². The maximum atomic E-state index is 12.9. The predicted octanol–water partition coefficient (Wildman–Crippen LogP) is 2.19. The number of hydrogen-bond donors (Lipinski definition) is 2. The normalized spacial score (nSPS) is 16.8. The van der Waals surface area contributed by atoms with E-state index >= 15 is 0 Å². The van der Waals surface area contributed by atoms with E-state index in [0.717, 1.165) is 11.3 Å². The lowest BCUT2D eigenvalue weighted by Gasteiger charge is -2.29. The molecule has 3 rings (SSSR count). The van der Waals surface area contributed by atoms with Crippen LogP contribution in [0.1, 0.15) is 18.0 Å². The van der Waals surface area contributed by atoms with Gasteiger partial charge in [-0.1, -0.05) is 48.5 Å². The number of para-hydroxylation sites is 1. The molecule has 0 unspecified atom stereocenters. The summed E-state index contributed by atoms with van der Waals surface area (Å²) in [4.78, 5) is 26.6. The lowest BCUT2D eigenvalue weighted by molar-refractivity contribution is -0.123. The first-order valence-electron chi connectivity index (χ1n) is 8.15. The highest BCUT2D eigenvalue weighted by Crippen LogP contribution is 2.23. The Labute approximate surface area is 141 Å². The number of nitrogens with one attached hydrogen (secondary N) is 2. The molecule has 0 spiro atoms. The molecule has 0 aromatic heterocycles. The van der Waals surface area contributed by atoms with Gasteiger partial charge in [-0.2, -0.15) is 0 Å². The van der Waals surface area contributed by atoms with Gasteiger partial charge >= 0.3 is 0 Å². The Hall–Kier alpha value is -2.66. The average Bonchev–Trinajstić information content (AvgIpc) is 2.82. The van der Waals surface area contributed by atoms with Gasteiger partial charge in [-0.15, -0.1) is 0 Å². The van der Waals surface area contributed by atoms with Gasteiger partial charge in [0.15, 0.2) is 0 Å². The van der Waals surface area contributed by atoms with Crippen LogP contribution in [0.25, 0.3) is 0 Å². The molecule has 0 radical (unpaired) electrons. The van der Waals surface area contributed by atoms with Gasteiger partial charge in [0.1, 0.15) is 6.04 Å². The highest BCUT2D eigenvalue weighted by molar-refractivity contribution is 5.95. The van der Waals surface area contributed by atoms with Gasteiger partial charge in [0.05, 0.1) is 0 Å². The Bertz CT molecular complexity index is 688. The molecule has 1 aliphatic rings. The van der Waals surface area contributed by atoms with Gasteiger partial charge in [0.2, 0.25) is 11.8 Å². The molecule has 0 saturated carbocycles. The minimum Gasteiger partial charge on any atom is -0.355 e. The summed E-state index contributed by atoms with van der Waals surface area (Å²) in [5.41, 5.74) is 1.70. The van der Waals surface area contributed by atoms with Crippen LogP contribution in [0.3, 0.4) is 0 Å². The van der Waals surface area contributed by atoms with Crippen LogP contribution in [-0.4, -0.2) is 36.3 Å². The third-order valence-corrected chi connectivity index (χ3v) is 4.12. The van der Waals surface area contributed by atoms with Crippen molar-refractivity contribution in [1.29, 1.82) is 0 Å². The van der Waals surface area contributed by atoms with Crippen LogP contribution in [0.5, 0.6) is 0 Å². The van der Waals surface area contributed by atoms with Crippen LogP contribution in [0.2, 0.25) is 0 Å². The minimum atomic E-state index is -0.417. The number of benzene rings is 2. The van der Waals surface area contributed by atoms with Crippen LogP contribution < -0.4 is 10.6 Å². The smallest absolute Gasteiger partial charge is 0.246 e. The molecule has 0 aliphatic carbocycles. The van der Waals surface area contributed by atoms with Gasteiger partial charge in [-0.25, -0.2) is 0 Å². The van der Waals surface area contributed by atoms with Crippen LogP contribution in [0.15, 0.2) is 60.7 Å². The lowest BCUT2D eigenvalue weighted by atomic mass is 10.0. The van der Waals surface area contributed by atoms with Crippen molar-refractivity contribution in [3.05, 3.63) is 66.2 Å². The maximum absolute atomic E-state index is 12.9. The topological polar surface area (TPSA) is 61.4 Å². The number of hydrogen-bond acceptors (Lipinski definition) is 3. The van der Waals surface area contributed by atoms with Crippen molar-refractivity contribution in [3.63, 3.8) is 0 Å². The minimum absolute atomic E-state index is 0.0350. The lowest BCUT2D eigenvalue weighted by Crippen LogP contribution is -2.39. The Morgan fingerprint density at radius 2 is 1.67 bits per heavy atom. The van der Waals surface area contributed by atoms with Gasteiger partial charge in [0.25, 0.3) is 0 Å². The van der Waals surface area contributed by atoms with E-state index in [1.807, 2.05) is 60.7 Å². The average molecular weight is 323 g/mol. The van der Waals surface area contributed by atoms with Crippen molar-refractivity contribution in [3.8, 4) is 0 Å². The molecule has 2 N–H and O–H groups in total. The third kappa shape index (κ3) is 4.00. The Morgan fingerprint density at radius 1 is 1.00 bits per heavy atom. The summed E-state index contributed by atoms with van der Waals surface area (Å²) in [5.74, 6) is -0.0467. The number of anilines is 1. The van der Waals surface area contributed by atoms with Crippen molar-refractivity contribution in [2.45, 2.75) is 12.5 Å². The largest absolute Gasteiger partial charge is 0.355 e. The molecule has 24 heavy (non-hydrogen) atoms. The zero-order valence-electron chi connectivity index (χ0n) is 13.4. The number of carbonyl (C=O) groups is 2. The molecule has 1 atom stereocenters. The Morgan fingerprint density at radius 3 is 2.38 bits per heavy atom. The van der Waals surface area contributed by atoms with Crippen molar-refractivity contribution in [2.75, 3.05) is 25.0 Å². The fourth-order valence-electron chi connectivity index (χ4n) is 2.94. The molecule has 5 heteroatoms. The molecule has 2 aromatic carbocycles. The summed E-state index contributed by atoms with van der Waals surface area (Å²) in [5, 5.41) is 5.84. The third-order valence-electron chi connectivity index (χ3n) is 4.12. The fraction of sp³-hybridized carbons (Fsp3) is 0.263. The maximum Gasteiger partial charge on any atom is 0.246 e. The van der Waals surface area contributed by atoms with Crippen LogP contribution in [-0.2, 0) is 9.59 Å². The summed E-state index contributed by atoms with van der Waals surface area (Å²) in [6.45, 7) is 1.77. The molecule has 5 nitrogen and oxygen atoms in total. The SMILES string of the molecule is O=C1CCN([C@@H](C(=O)Nc2ccccc2)c2ccccc2)CCN1. The van der Waals surface area contributed by atoms with Crippen molar-refractivity contribution in [2.24, 2.45) is 0 Å². The fourth-order valence-corrected chi connectivity index (χ4v) is 2.94. The second kappa shape index (κ2) is 7.75. The van der Waals surface area contributed by atoms with E-state index in [1.54, 1.807) is 0 Å². The first-order chi connectivity index (χ1) is 11.7. The highest BCUT2D eigenvalue weighted by Gasteiger charge is 2.29. The van der Waals surface area contributed by atoms with E-state index in [0.29, 0.717) is 26.1 Å². The second-order valence-corrected chi connectivity index (χ2v) is 5.80. The number of rotatable bonds is 4. The zero-order chi connectivity index (χ0) is 16.8. The first-order valence-corrected chi connectivity index (χ1v) is 8.15. The van der Waals surface area contributed by atoms with Gasteiger partial charge in [0, 0.05) is 31.7 Å². The van der Waals surface area contributed by atoms with E-state index in [1.165, 1.54) is 0 Å². The standard InChI is InChI=1S/C19H21N3O2/c23-17-11-13-22(14-12-20-17)18(15-7-3-1-4-8-15)19(24)21-16-9-5-2-6-10-16/h1-10,18H,11-14H2,(H,20,23)(H,21,24)/t18-/m1/s1. The van der Waals surface area contributed by atoms with Gasteiger partial charge in [-0.05, 0) is 17.7 Å². The molecule has 0 bridgehead atoms. The highest BCUT2D eigenvalue weighted by atomic mass is 16.2. The first kappa shape index (κ1) is 16.2. The molecule has 124 valence electrons. The summed E-state index contributed by atoms with van der Waals surface area (Å²) in [6, 6.07) is 18.7. The Balaban J connectivity index is 1.84. The van der Waals surface area contributed by atoms with E-state index in [4.69, 9.17) is 0 Å². The van der Waals surface area contributed by atoms with E-state index in [9.17, 15) is 9.59 Å². The van der Waals surface area contributed by atoms with Crippen LogP contribution in [0, 0.1) is 0 Å². The zero-order valence-corrected chi connectivity index (χ0v) is 13.4.